The van der Waals surface area contributed by atoms with E-state index >= 15 is 0 Å². The first kappa shape index (κ1) is 16.7. The minimum atomic E-state index is -4.09. The van der Waals surface area contributed by atoms with Gasteiger partial charge in [0, 0.05) is 11.1 Å². The molecule has 0 atom stereocenters. The van der Waals surface area contributed by atoms with Gasteiger partial charge in [-0.3, -0.25) is 10.1 Å². The normalized spacial score (nSPS) is 11.7. The lowest BCUT2D eigenvalue weighted by molar-refractivity contribution is -0.385. The smallest absolute Gasteiger partial charge is 0.258 e. The Hall–Kier alpha value is -2.69. The molecule has 0 spiro atoms. The third kappa shape index (κ3) is 3.56. The second-order valence-corrected chi connectivity index (χ2v) is 6.75. The number of nitrogens with zero attached hydrogens (tertiary/aromatic N) is 2. The summed E-state index contributed by atoms with van der Waals surface area (Å²) in [5.74, 6) is 0. The Balaban J connectivity index is 2.58. The van der Waals surface area contributed by atoms with Gasteiger partial charge in [0.15, 0.2) is 0 Å². The number of benzene rings is 2. The molecule has 2 aromatic rings. The second kappa shape index (κ2) is 6.60. The molecule has 0 heterocycles. The molecule has 2 rings (SSSR count). The highest BCUT2D eigenvalue weighted by Gasteiger charge is 2.22. The van der Waals surface area contributed by atoms with Crippen LogP contribution in [0.4, 0.5) is 5.69 Å². The van der Waals surface area contributed by atoms with Crippen molar-refractivity contribution in [1.29, 1.82) is 5.26 Å². The summed E-state index contributed by atoms with van der Waals surface area (Å²) in [5, 5.41) is 20.5. The van der Waals surface area contributed by atoms with Crippen LogP contribution in [0.25, 0.3) is 6.08 Å². The molecule has 0 unspecified atom stereocenters. The van der Waals surface area contributed by atoms with Gasteiger partial charge in [0.1, 0.15) is 11.0 Å². The van der Waals surface area contributed by atoms with E-state index in [-0.39, 0.29) is 16.1 Å². The number of nitriles is 1. The molecule has 0 N–H and O–H groups in total. The first-order valence-corrected chi connectivity index (χ1v) is 8.08. The maximum Gasteiger partial charge on any atom is 0.276 e. The number of sulfone groups is 1. The summed E-state index contributed by atoms with van der Waals surface area (Å²) in [6.07, 6.45) is 0.988. The number of rotatable bonds is 4. The molecular formula is C15H9ClN2O4S. The summed E-state index contributed by atoms with van der Waals surface area (Å²) in [4.78, 5) is 9.63. The van der Waals surface area contributed by atoms with Crippen molar-refractivity contribution in [3.8, 4) is 6.07 Å². The van der Waals surface area contributed by atoms with Crippen molar-refractivity contribution in [3.63, 3.8) is 0 Å². The minimum absolute atomic E-state index is 0.0339. The lowest BCUT2D eigenvalue weighted by Crippen LogP contribution is -2.03. The summed E-state index contributed by atoms with van der Waals surface area (Å²) in [5.41, 5.74) is -0.252. The number of allylic oxidation sites excluding steroid dienone is 1. The van der Waals surface area contributed by atoms with Crippen LogP contribution in [-0.2, 0) is 9.84 Å². The van der Waals surface area contributed by atoms with E-state index in [1.807, 2.05) is 0 Å². The summed E-state index contributed by atoms with van der Waals surface area (Å²) in [7, 11) is -4.09. The van der Waals surface area contributed by atoms with Crippen LogP contribution in [0, 0.1) is 21.4 Å². The van der Waals surface area contributed by atoms with Crippen LogP contribution in [0.2, 0.25) is 5.02 Å². The average molecular weight is 349 g/mol. The highest BCUT2D eigenvalue weighted by molar-refractivity contribution is 7.95. The van der Waals surface area contributed by atoms with Crippen molar-refractivity contribution in [2.75, 3.05) is 0 Å². The molecule has 0 aromatic heterocycles. The SMILES string of the molecule is N#CC(=Cc1ccccc1[N+](=O)[O-])S(=O)(=O)c1ccc(Cl)cc1. The van der Waals surface area contributed by atoms with Crippen LogP contribution in [0.1, 0.15) is 5.56 Å². The number of hydrogen-bond acceptors (Lipinski definition) is 5. The maximum absolute atomic E-state index is 12.5. The van der Waals surface area contributed by atoms with E-state index in [0.717, 1.165) is 6.08 Å². The van der Waals surface area contributed by atoms with Gasteiger partial charge < -0.3 is 0 Å². The Kier molecular flexibility index (Phi) is 4.79. The van der Waals surface area contributed by atoms with Gasteiger partial charge in [0.2, 0.25) is 9.84 Å². The van der Waals surface area contributed by atoms with Crippen molar-refractivity contribution in [3.05, 3.63) is 74.1 Å². The Morgan fingerprint density at radius 3 is 2.35 bits per heavy atom. The van der Waals surface area contributed by atoms with Crippen molar-refractivity contribution in [2.24, 2.45) is 0 Å². The van der Waals surface area contributed by atoms with Gasteiger partial charge in [-0.2, -0.15) is 5.26 Å². The Labute approximate surface area is 137 Å². The monoisotopic (exact) mass is 348 g/mol. The third-order valence-electron chi connectivity index (χ3n) is 2.94. The Morgan fingerprint density at radius 2 is 1.78 bits per heavy atom. The van der Waals surface area contributed by atoms with Crippen molar-refractivity contribution in [2.45, 2.75) is 4.90 Å². The van der Waals surface area contributed by atoms with Gasteiger partial charge in [-0.05, 0) is 36.4 Å². The summed E-state index contributed by atoms with van der Waals surface area (Å²) >= 11 is 5.71. The number of nitro groups is 1. The van der Waals surface area contributed by atoms with E-state index in [0.29, 0.717) is 5.02 Å². The fourth-order valence-electron chi connectivity index (χ4n) is 1.83. The largest absolute Gasteiger partial charge is 0.276 e. The van der Waals surface area contributed by atoms with Crippen molar-refractivity contribution < 1.29 is 13.3 Å². The molecule has 0 aliphatic rings. The summed E-state index contributed by atoms with van der Waals surface area (Å²) in [6.45, 7) is 0. The molecule has 116 valence electrons. The first-order valence-electron chi connectivity index (χ1n) is 6.22. The lowest BCUT2D eigenvalue weighted by Gasteiger charge is -2.04. The summed E-state index contributed by atoms with van der Waals surface area (Å²) in [6, 6.07) is 12.5. The van der Waals surface area contributed by atoms with Gasteiger partial charge in [-0.1, -0.05) is 23.7 Å². The predicted molar refractivity (Wildman–Crippen MR) is 85.3 cm³/mol. The zero-order chi connectivity index (χ0) is 17.0. The lowest BCUT2D eigenvalue weighted by atomic mass is 10.1. The van der Waals surface area contributed by atoms with Crippen LogP contribution < -0.4 is 0 Å². The molecule has 23 heavy (non-hydrogen) atoms. The summed E-state index contributed by atoms with van der Waals surface area (Å²) < 4.78 is 24.9. The number of halogens is 1. The van der Waals surface area contributed by atoms with Crippen molar-refractivity contribution >= 4 is 33.2 Å². The molecule has 0 bridgehead atoms. The highest BCUT2D eigenvalue weighted by Crippen LogP contribution is 2.26. The van der Waals surface area contributed by atoms with E-state index in [4.69, 9.17) is 11.6 Å². The Morgan fingerprint density at radius 1 is 1.17 bits per heavy atom. The minimum Gasteiger partial charge on any atom is -0.258 e. The number of nitro benzene ring substituents is 1. The quantitative estimate of drug-likeness (QED) is 0.477. The standard InChI is InChI=1S/C15H9ClN2O4S/c16-12-5-7-13(8-6-12)23(21,22)14(10-17)9-11-3-1-2-4-15(11)18(19)20/h1-9H. The van der Waals surface area contributed by atoms with E-state index < -0.39 is 19.7 Å². The van der Waals surface area contributed by atoms with E-state index in [9.17, 15) is 23.8 Å². The fourth-order valence-corrected chi connectivity index (χ4v) is 3.10. The molecule has 0 amide bonds. The fraction of sp³-hybridized carbons (Fsp3) is 0. The zero-order valence-electron chi connectivity index (χ0n) is 11.5. The molecule has 2 aromatic carbocycles. The molecule has 0 aliphatic heterocycles. The number of para-hydroxylation sites is 1. The van der Waals surface area contributed by atoms with Crippen molar-refractivity contribution in [1.82, 2.24) is 0 Å². The van der Waals surface area contributed by atoms with Gasteiger partial charge in [0.25, 0.3) is 5.69 Å². The van der Waals surface area contributed by atoms with Crippen LogP contribution >= 0.6 is 11.6 Å². The van der Waals surface area contributed by atoms with Crippen LogP contribution in [0.15, 0.2) is 58.3 Å². The number of hydrogen-bond donors (Lipinski definition) is 0. The molecule has 0 radical (unpaired) electrons. The zero-order valence-corrected chi connectivity index (χ0v) is 13.1. The maximum atomic E-state index is 12.5. The molecular weight excluding hydrogens is 340 g/mol. The van der Waals surface area contributed by atoms with Crippen LogP contribution in [0.5, 0.6) is 0 Å². The predicted octanol–water partition coefficient (Wildman–Crippen LogP) is 3.59. The van der Waals surface area contributed by atoms with E-state index in [1.165, 1.54) is 48.5 Å². The third-order valence-corrected chi connectivity index (χ3v) is 4.88. The second-order valence-electron chi connectivity index (χ2n) is 4.39. The Bertz CT molecular complexity index is 929. The van der Waals surface area contributed by atoms with Gasteiger partial charge >= 0.3 is 0 Å². The molecule has 0 aliphatic carbocycles. The van der Waals surface area contributed by atoms with Gasteiger partial charge in [0.05, 0.1) is 15.4 Å². The molecule has 6 nitrogen and oxygen atoms in total. The molecule has 8 heteroatoms. The van der Waals surface area contributed by atoms with E-state index in [2.05, 4.69) is 0 Å². The molecule has 0 saturated carbocycles. The topological polar surface area (TPSA) is 101 Å². The van der Waals surface area contributed by atoms with Gasteiger partial charge in [-0.25, -0.2) is 8.42 Å². The van der Waals surface area contributed by atoms with Crippen LogP contribution in [0.3, 0.4) is 0 Å². The molecule has 0 fully saturated rings. The van der Waals surface area contributed by atoms with Crippen LogP contribution in [-0.4, -0.2) is 13.3 Å². The highest BCUT2D eigenvalue weighted by atomic mass is 35.5. The van der Waals surface area contributed by atoms with Gasteiger partial charge in [-0.15, -0.1) is 0 Å². The van der Waals surface area contributed by atoms with E-state index in [1.54, 1.807) is 6.07 Å². The first-order chi connectivity index (χ1) is 10.9. The average Bonchev–Trinajstić information content (AvgIpc) is 2.53. The molecule has 0 saturated heterocycles.